The number of nitro groups is 1. The highest BCUT2D eigenvalue weighted by Gasteiger charge is 2.23. The third kappa shape index (κ3) is 3.14. The summed E-state index contributed by atoms with van der Waals surface area (Å²) >= 11 is 0. The number of carbonyl (C=O) groups is 1. The van der Waals surface area contributed by atoms with Gasteiger partial charge in [0.2, 0.25) is 5.75 Å². The lowest BCUT2D eigenvalue weighted by molar-refractivity contribution is -0.385. The van der Waals surface area contributed by atoms with Crippen molar-refractivity contribution >= 4 is 11.6 Å². The number of phenolic OH excluding ortho intramolecular Hbond substituents is 1. The van der Waals surface area contributed by atoms with Crippen LogP contribution >= 0.6 is 0 Å². The number of benzene rings is 1. The van der Waals surface area contributed by atoms with E-state index < -0.39 is 22.3 Å². The SMILES string of the molecule is CN(Cc1ccncc1)C(=O)c1cccc([N+](=O)[O-])c1O. The molecule has 1 N–H and O–H groups in total. The van der Waals surface area contributed by atoms with Crippen molar-refractivity contribution in [1.29, 1.82) is 0 Å². The van der Waals surface area contributed by atoms with E-state index in [0.717, 1.165) is 11.6 Å². The summed E-state index contributed by atoms with van der Waals surface area (Å²) in [6, 6.07) is 7.39. The van der Waals surface area contributed by atoms with E-state index in [0.29, 0.717) is 6.54 Å². The molecule has 0 bridgehead atoms. The van der Waals surface area contributed by atoms with Gasteiger partial charge < -0.3 is 10.0 Å². The summed E-state index contributed by atoms with van der Waals surface area (Å²) < 4.78 is 0. The molecule has 1 heterocycles. The number of amides is 1. The zero-order valence-electron chi connectivity index (χ0n) is 11.3. The Morgan fingerprint density at radius 2 is 2.00 bits per heavy atom. The molecule has 2 rings (SSSR count). The third-order valence-electron chi connectivity index (χ3n) is 2.96. The molecule has 1 aromatic heterocycles. The Labute approximate surface area is 120 Å². The molecule has 2 aromatic rings. The van der Waals surface area contributed by atoms with Crippen molar-refractivity contribution in [3.8, 4) is 5.75 Å². The highest BCUT2D eigenvalue weighted by molar-refractivity contribution is 5.97. The summed E-state index contributed by atoms with van der Waals surface area (Å²) in [4.78, 5) is 27.6. The highest BCUT2D eigenvalue weighted by atomic mass is 16.6. The quantitative estimate of drug-likeness (QED) is 0.685. The van der Waals surface area contributed by atoms with Gasteiger partial charge in [0.15, 0.2) is 0 Å². The van der Waals surface area contributed by atoms with Crippen molar-refractivity contribution in [2.45, 2.75) is 6.54 Å². The molecule has 0 aliphatic rings. The third-order valence-corrected chi connectivity index (χ3v) is 2.96. The van der Waals surface area contributed by atoms with Crippen LogP contribution in [0, 0.1) is 10.1 Å². The molecular weight excluding hydrogens is 274 g/mol. The Hall–Kier alpha value is -2.96. The Bertz CT molecular complexity index is 673. The van der Waals surface area contributed by atoms with Crippen LogP contribution < -0.4 is 0 Å². The number of nitro benzene ring substituents is 1. The van der Waals surface area contributed by atoms with Crippen LogP contribution in [0.4, 0.5) is 5.69 Å². The average Bonchev–Trinajstić information content (AvgIpc) is 2.47. The maximum atomic E-state index is 12.3. The summed E-state index contributed by atoms with van der Waals surface area (Å²) in [5.41, 5.74) is 0.282. The molecular formula is C14H13N3O4. The zero-order chi connectivity index (χ0) is 15.4. The average molecular weight is 287 g/mol. The van der Waals surface area contributed by atoms with Gasteiger partial charge in [0.25, 0.3) is 5.91 Å². The minimum atomic E-state index is -0.727. The second kappa shape index (κ2) is 6.00. The lowest BCUT2D eigenvalue weighted by Gasteiger charge is -2.17. The number of aromatic nitrogens is 1. The molecule has 0 aliphatic heterocycles. The van der Waals surface area contributed by atoms with Crippen LogP contribution in [0.1, 0.15) is 15.9 Å². The first-order valence-electron chi connectivity index (χ1n) is 6.11. The van der Waals surface area contributed by atoms with E-state index in [9.17, 15) is 20.0 Å². The fraction of sp³-hybridized carbons (Fsp3) is 0.143. The van der Waals surface area contributed by atoms with E-state index in [1.165, 1.54) is 17.0 Å². The van der Waals surface area contributed by atoms with Gasteiger partial charge in [-0.15, -0.1) is 0 Å². The Morgan fingerprint density at radius 3 is 2.62 bits per heavy atom. The number of phenols is 1. The van der Waals surface area contributed by atoms with Gasteiger partial charge in [-0.05, 0) is 23.8 Å². The molecule has 0 atom stereocenters. The first-order valence-corrected chi connectivity index (χ1v) is 6.11. The van der Waals surface area contributed by atoms with Gasteiger partial charge in [-0.2, -0.15) is 0 Å². The molecule has 0 spiro atoms. The molecule has 1 aromatic carbocycles. The van der Waals surface area contributed by atoms with Gasteiger partial charge in [-0.25, -0.2) is 0 Å². The smallest absolute Gasteiger partial charge is 0.311 e. The largest absolute Gasteiger partial charge is 0.502 e. The molecule has 0 unspecified atom stereocenters. The van der Waals surface area contributed by atoms with E-state index in [1.54, 1.807) is 31.6 Å². The van der Waals surface area contributed by atoms with Crippen molar-refractivity contribution in [3.63, 3.8) is 0 Å². The summed E-state index contributed by atoms with van der Waals surface area (Å²) in [6.45, 7) is 0.309. The maximum absolute atomic E-state index is 12.3. The Morgan fingerprint density at radius 1 is 1.33 bits per heavy atom. The fourth-order valence-corrected chi connectivity index (χ4v) is 1.89. The fourth-order valence-electron chi connectivity index (χ4n) is 1.89. The van der Waals surface area contributed by atoms with E-state index in [2.05, 4.69) is 4.98 Å². The minimum absolute atomic E-state index is 0.0965. The van der Waals surface area contributed by atoms with Crippen LogP contribution in [0.2, 0.25) is 0 Å². The van der Waals surface area contributed by atoms with E-state index >= 15 is 0 Å². The van der Waals surface area contributed by atoms with Crippen LogP contribution in [-0.2, 0) is 6.54 Å². The lowest BCUT2D eigenvalue weighted by Crippen LogP contribution is -2.26. The summed E-state index contributed by atoms with van der Waals surface area (Å²) in [6.07, 6.45) is 3.22. The molecule has 21 heavy (non-hydrogen) atoms. The molecule has 0 saturated carbocycles. The van der Waals surface area contributed by atoms with Crippen LogP contribution in [0.15, 0.2) is 42.7 Å². The molecule has 0 fully saturated rings. The highest BCUT2D eigenvalue weighted by Crippen LogP contribution is 2.30. The second-order valence-electron chi connectivity index (χ2n) is 4.45. The summed E-state index contributed by atoms with van der Waals surface area (Å²) in [7, 11) is 1.56. The molecule has 0 radical (unpaired) electrons. The first-order chi connectivity index (χ1) is 10.0. The van der Waals surface area contributed by atoms with E-state index in [4.69, 9.17) is 0 Å². The second-order valence-corrected chi connectivity index (χ2v) is 4.45. The number of nitrogens with zero attached hydrogens (tertiary/aromatic N) is 3. The maximum Gasteiger partial charge on any atom is 0.311 e. The lowest BCUT2D eigenvalue weighted by atomic mass is 10.1. The van der Waals surface area contributed by atoms with Gasteiger partial charge >= 0.3 is 5.69 Å². The predicted octanol–water partition coefficient (Wildman–Crippen LogP) is 1.97. The predicted molar refractivity (Wildman–Crippen MR) is 74.8 cm³/mol. The van der Waals surface area contributed by atoms with Crippen LogP contribution in [0.5, 0.6) is 5.75 Å². The summed E-state index contributed by atoms with van der Waals surface area (Å²) in [5.74, 6) is -1.11. The van der Waals surface area contributed by atoms with Crippen LogP contribution in [-0.4, -0.2) is 32.9 Å². The molecule has 1 amide bonds. The monoisotopic (exact) mass is 287 g/mol. The van der Waals surface area contributed by atoms with Crippen LogP contribution in [0.25, 0.3) is 0 Å². The van der Waals surface area contributed by atoms with Crippen molar-refractivity contribution in [3.05, 3.63) is 64.0 Å². The number of carbonyl (C=O) groups excluding carboxylic acids is 1. The Kier molecular flexibility index (Phi) is 4.13. The topological polar surface area (TPSA) is 96.6 Å². The van der Waals surface area contributed by atoms with Crippen LogP contribution in [0.3, 0.4) is 0 Å². The number of aromatic hydroxyl groups is 1. The molecule has 108 valence electrons. The van der Waals surface area contributed by atoms with Crippen molar-refractivity contribution < 1.29 is 14.8 Å². The number of para-hydroxylation sites is 1. The van der Waals surface area contributed by atoms with Gasteiger partial charge in [-0.3, -0.25) is 19.9 Å². The minimum Gasteiger partial charge on any atom is -0.502 e. The van der Waals surface area contributed by atoms with Crippen molar-refractivity contribution in [1.82, 2.24) is 9.88 Å². The number of pyridine rings is 1. The van der Waals surface area contributed by atoms with E-state index in [1.807, 2.05) is 0 Å². The Balaban J connectivity index is 2.24. The van der Waals surface area contributed by atoms with E-state index in [-0.39, 0.29) is 5.56 Å². The van der Waals surface area contributed by atoms with Gasteiger partial charge in [-0.1, -0.05) is 6.07 Å². The molecule has 0 saturated heterocycles. The normalized spacial score (nSPS) is 10.1. The van der Waals surface area contributed by atoms with Gasteiger partial charge in [0.1, 0.15) is 0 Å². The number of hydrogen-bond donors (Lipinski definition) is 1. The van der Waals surface area contributed by atoms with Crippen molar-refractivity contribution in [2.24, 2.45) is 0 Å². The van der Waals surface area contributed by atoms with Gasteiger partial charge in [0.05, 0.1) is 10.5 Å². The standard InChI is InChI=1S/C14H13N3O4/c1-16(9-10-5-7-15-8-6-10)14(19)11-3-2-4-12(13(11)18)17(20)21/h2-8,18H,9H2,1H3. The molecule has 0 aliphatic carbocycles. The van der Waals surface area contributed by atoms with Crippen molar-refractivity contribution in [2.75, 3.05) is 7.05 Å². The summed E-state index contributed by atoms with van der Waals surface area (Å²) in [5, 5.41) is 20.6. The zero-order valence-corrected chi connectivity index (χ0v) is 11.3. The molecule has 7 heteroatoms. The molecule has 7 nitrogen and oxygen atoms in total. The van der Waals surface area contributed by atoms with Gasteiger partial charge in [0, 0.05) is 32.1 Å². The number of hydrogen-bond acceptors (Lipinski definition) is 5. The first kappa shape index (κ1) is 14.4. The number of rotatable bonds is 4.